The highest BCUT2D eigenvalue weighted by Crippen LogP contribution is 2.26. The van der Waals surface area contributed by atoms with E-state index in [-0.39, 0.29) is 11.9 Å². The molecule has 0 fully saturated rings. The maximum absolute atomic E-state index is 13.3. The van der Waals surface area contributed by atoms with Crippen molar-refractivity contribution in [3.05, 3.63) is 65.5 Å². The number of nitrogens with one attached hydrogen (secondary N) is 1. The zero-order valence-electron chi connectivity index (χ0n) is 12.3. The maximum Gasteiger partial charge on any atom is 0.143 e. The Balaban J connectivity index is 1.99. The minimum atomic E-state index is -0.422. The summed E-state index contributed by atoms with van der Waals surface area (Å²) in [6, 6.07) is 9.51. The Morgan fingerprint density at radius 2 is 1.91 bits per heavy atom. The normalized spacial score (nSPS) is 12.4. The Bertz CT molecular complexity index is 828. The molecule has 0 amide bonds. The molecule has 3 nitrogen and oxygen atoms in total. The first-order chi connectivity index (χ1) is 10.5. The van der Waals surface area contributed by atoms with Gasteiger partial charge in [0.1, 0.15) is 17.2 Å². The number of aryl methyl sites for hydroxylation is 1. The fraction of sp³-hybridized carbons (Fsp3) is 0.176. The van der Waals surface area contributed by atoms with Crippen LogP contribution in [-0.2, 0) is 0 Å². The second-order valence-corrected chi connectivity index (χ2v) is 5.25. The molecule has 1 aromatic carbocycles. The van der Waals surface area contributed by atoms with E-state index in [9.17, 15) is 8.78 Å². The van der Waals surface area contributed by atoms with E-state index in [4.69, 9.17) is 0 Å². The smallest absolute Gasteiger partial charge is 0.143 e. The van der Waals surface area contributed by atoms with Crippen molar-refractivity contribution in [2.45, 2.75) is 19.9 Å². The standard InChI is InChI=1S/C17H15F2N3/c1-10-6-15(17-16(21-10)8-14(19)9-20-17)22-11(2)12-4-3-5-13(18)7-12/h3-9,11H,1-2H3,(H,21,22)/t11-/m1/s1. The molecule has 0 spiro atoms. The first-order valence-corrected chi connectivity index (χ1v) is 6.98. The molecule has 0 bridgehead atoms. The third kappa shape index (κ3) is 2.88. The fourth-order valence-corrected chi connectivity index (χ4v) is 2.42. The number of anilines is 1. The van der Waals surface area contributed by atoms with Crippen molar-refractivity contribution in [1.82, 2.24) is 9.97 Å². The van der Waals surface area contributed by atoms with Crippen molar-refractivity contribution in [3.63, 3.8) is 0 Å². The minimum absolute atomic E-state index is 0.118. The summed E-state index contributed by atoms with van der Waals surface area (Å²) < 4.78 is 26.6. The van der Waals surface area contributed by atoms with Gasteiger partial charge in [0.25, 0.3) is 0 Å². The average Bonchev–Trinajstić information content (AvgIpc) is 2.46. The zero-order valence-corrected chi connectivity index (χ0v) is 12.3. The summed E-state index contributed by atoms with van der Waals surface area (Å²) in [4.78, 5) is 8.40. The second-order valence-electron chi connectivity index (χ2n) is 5.25. The van der Waals surface area contributed by atoms with Crippen LogP contribution in [-0.4, -0.2) is 9.97 Å². The van der Waals surface area contributed by atoms with Gasteiger partial charge < -0.3 is 5.32 Å². The Hall–Kier alpha value is -2.56. The molecule has 0 aliphatic carbocycles. The lowest BCUT2D eigenvalue weighted by Crippen LogP contribution is -2.08. The molecule has 0 saturated heterocycles. The second kappa shape index (κ2) is 5.67. The van der Waals surface area contributed by atoms with Gasteiger partial charge in [-0.15, -0.1) is 0 Å². The van der Waals surface area contributed by atoms with Crippen LogP contribution in [0.25, 0.3) is 11.0 Å². The van der Waals surface area contributed by atoms with Crippen molar-refractivity contribution in [3.8, 4) is 0 Å². The highest BCUT2D eigenvalue weighted by atomic mass is 19.1. The van der Waals surface area contributed by atoms with Crippen LogP contribution in [0.4, 0.5) is 14.5 Å². The largest absolute Gasteiger partial charge is 0.377 e. The predicted molar refractivity (Wildman–Crippen MR) is 82.7 cm³/mol. The first kappa shape index (κ1) is 14.4. The summed E-state index contributed by atoms with van der Waals surface area (Å²) in [7, 11) is 0. The SMILES string of the molecule is Cc1cc(N[C@H](C)c2cccc(F)c2)c2ncc(F)cc2n1. The van der Waals surface area contributed by atoms with E-state index in [1.807, 2.05) is 26.0 Å². The van der Waals surface area contributed by atoms with Crippen molar-refractivity contribution < 1.29 is 8.78 Å². The lowest BCUT2D eigenvalue weighted by Gasteiger charge is -2.17. The van der Waals surface area contributed by atoms with Gasteiger partial charge >= 0.3 is 0 Å². The third-order valence-electron chi connectivity index (χ3n) is 3.46. The number of hydrogen-bond acceptors (Lipinski definition) is 3. The molecule has 0 aliphatic rings. The Morgan fingerprint density at radius 1 is 1.09 bits per heavy atom. The fourth-order valence-electron chi connectivity index (χ4n) is 2.42. The number of nitrogens with zero attached hydrogens (tertiary/aromatic N) is 2. The predicted octanol–water partition coefficient (Wildman–Crippen LogP) is 4.39. The Labute approximate surface area is 127 Å². The molecule has 0 saturated carbocycles. The Kier molecular flexibility index (Phi) is 3.71. The molecule has 0 radical (unpaired) electrons. The number of halogens is 2. The van der Waals surface area contributed by atoms with Gasteiger partial charge in [0.2, 0.25) is 0 Å². The van der Waals surface area contributed by atoms with E-state index in [1.165, 1.54) is 18.2 Å². The zero-order chi connectivity index (χ0) is 15.7. The number of aromatic nitrogens is 2. The van der Waals surface area contributed by atoms with Crippen LogP contribution in [0, 0.1) is 18.6 Å². The molecule has 112 valence electrons. The molecule has 3 aromatic rings. The van der Waals surface area contributed by atoms with Gasteiger partial charge in [-0.3, -0.25) is 4.98 Å². The molecule has 1 N–H and O–H groups in total. The molecule has 22 heavy (non-hydrogen) atoms. The van der Waals surface area contributed by atoms with Gasteiger partial charge in [-0.25, -0.2) is 13.8 Å². The first-order valence-electron chi connectivity index (χ1n) is 6.98. The highest BCUT2D eigenvalue weighted by Gasteiger charge is 2.11. The van der Waals surface area contributed by atoms with Gasteiger partial charge in [0, 0.05) is 17.8 Å². The van der Waals surface area contributed by atoms with E-state index in [1.54, 1.807) is 6.07 Å². The molecule has 1 atom stereocenters. The molecule has 0 unspecified atom stereocenters. The van der Waals surface area contributed by atoms with Crippen LogP contribution in [0.5, 0.6) is 0 Å². The molecule has 2 aromatic heterocycles. The number of rotatable bonds is 3. The summed E-state index contributed by atoms with van der Waals surface area (Å²) in [5.41, 5.74) is 3.42. The number of hydrogen-bond donors (Lipinski definition) is 1. The quantitative estimate of drug-likeness (QED) is 0.779. The van der Waals surface area contributed by atoms with E-state index >= 15 is 0 Å². The maximum atomic E-state index is 13.3. The van der Waals surface area contributed by atoms with Crippen LogP contribution in [0.2, 0.25) is 0 Å². The summed E-state index contributed by atoms with van der Waals surface area (Å²) >= 11 is 0. The van der Waals surface area contributed by atoms with Crippen LogP contribution >= 0.6 is 0 Å². The van der Waals surface area contributed by atoms with Crippen LogP contribution in [0.15, 0.2) is 42.6 Å². The van der Waals surface area contributed by atoms with Gasteiger partial charge in [-0.2, -0.15) is 0 Å². The average molecular weight is 299 g/mol. The lowest BCUT2D eigenvalue weighted by molar-refractivity contribution is 0.623. The number of fused-ring (bicyclic) bond motifs is 1. The van der Waals surface area contributed by atoms with Crippen molar-refractivity contribution in [1.29, 1.82) is 0 Å². The molecule has 0 aliphatic heterocycles. The van der Waals surface area contributed by atoms with Crippen LogP contribution in [0.1, 0.15) is 24.2 Å². The highest BCUT2D eigenvalue weighted by molar-refractivity contribution is 5.87. The summed E-state index contributed by atoms with van der Waals surface area (Å²) in [6.07, 6.45) is 1.16. The Morgan fingerprint density at radius 3 is 2.68 bits per heavy atom. The van der Waals surface area contributed by atoms with Crippen molar-refractivity contribution in [2.24, 2.45) is 0 Å². The number of pyridine rings is 2. The van der Waals surface area contributed by atoms with Crippen molar-refractivity contribution >= 4 is 16.7 Å². The van der Waals surface area contributed by atoms with Crippen molar-refractivity contribution in [2.75, 3.05) is 5.32 Å². The summed E-state index contributed by atoms with van der Waals surface area (Å²) in [5, 5.41) is 3.30. The van der Waals surface area contributed by atoms with E-state index in [2.05, 4.69) is 15.3 Å². The number of benzene rings is 1. The molecule has 5 heteroatoms. The molecular weight excluding hydrogens is 284 g/mol. The topological polar surface area (TPSA) is 37.8 Å². The van der Waals surface area contributed by atoms with Crippen LogP contribution in [0.3, 0.4) is 0 Å². The third-order valence-corrected chi connectivity index (χ3v) is 3.46. The van der Waals surface area contributed by atoms with Gasteiger partial charge in [0.15, 0.2) is 0 Å². The molecule has 3 rings (SSSR count). The summed E-state index contributed by atoms with van der Waals surface area (Å²) in [6.45, 7) is 3.77. The summed E-state index contributed by atoms with van der Waals surface area (Å²) in [5.74, 6) is -0.697. The van der Waals surface area contributed by atoms with Gasteiger partial charge in [0.05, 0.1) is 17.4 Å². The van der Waals surface area contributed by atoms with Gasteiger partial charge in [-0.1, -0.05) is 12.1 Å². The monoisotopic (exact) mass is 299 g/mol. The van der Waals surface area contributed by atoms with E-state index in [0.29, 0.717) is 11.0 Å². The minimum Gasteiger partial charge on any atom is -0.377 e. The lowest BCUT2D eigenvalue weighted by atomic mass is 10.1. The molecule has 2 heterocycles. The molecular formula is C17H15F2N3. The van der Waals surface area contributed by atoms with Gasteiger partial charge in [-0.05, 0) is 37.6 Å². The van der Waals surface area contributed by atoms with E-state index < -0.39 is 5.82 Å². The van der Waals surface area contributed by atoms with E-state index in [0.717, 1.165) is 23.1 Å². The van der Waals surface area contributed by atoms with Crippen LogP contribution < -0.4 is 5.32 Å².